The summed E-state index contributed by atoms with van der Waals surface area (Å²) in [5, 5.41) is 7.88. The van der Waals surface area contributed by atoms with Crippen molar-refractivity contribution in [3.05, 3.63) is 46.6 Å². The fourth-order valence-electron chi connectivity index (χ4n) is 4.69. The third-order valence-corrected chi connectivity index (χ3v) is 6.34. The zero-order valence-corrected chi connectivity index (χ0v) is 18.2. The van der Waals surface area contributed by atoms with E-state index < -0.39 is 0 Å². The van der Waals surface area contributed by atoms with Crippen LogP contribution < -0.4 is 15.6 Å². The highest BCUT2D eigenvalue weighted by Crippen LogP contribution is 2.33. The van der Waals surface area contributed by atoms with E-state index in [9.17, 15) is 0 Å². The first-order chi connectivity index (χ1) is 15.3. The summed E-state index contributed by atoms with van der Waals surface area (Å²) < 4.78 is 5.57. The zero-order valence-electron chi connectivity index (χ0n) is 18.2. The highest BCUT2D eigenvalue weighted by atomic mass is 16.5. The van der Waals surface area contributed by atoms with Crippen LogP contribution in [0.5, 0.6) is 0 Å². The molecule has 4 heterocycles. The normalized spacial score (nSPS) is 20.4. The number of ether oxygens (including phenoxy) is 1. The zero-order chi connectivity index (χ0) is 21.0. The minimum absolute atomic E-state index is 0.566. The van der Waals surface area contributed by atoms with Crippen LogP contribution in [0.2, 0.25) is 0 Å². The Bertz CT molecular complexity index is 936. The first-order valence-corrected chi connectivity index (χ1v) is 11.3. The van der Waals surface area contributed by atoms with Crippen LogP contribution in [-0.2, 0) is 17.8 Å². The number of anilines is 2. The molecule has 3 aliphatic rings. The maximum atomic E-state index is 5.57. The van der Waals surface area contributed by atoms with E-state index >= 15 is 0 Å². The number of aryl methyl sites for hydroxylation is 1. The molecule has 0 aliphatic carbocycles. The first kappa shape index (κ1) is 20.4. The largest absolute Gasteiger partial charge is 0.378 e. The number of hydrogen-bond donors (Lipinski definition) is 2. The van der Waals surface area contributed by atoms with E-state index in [0.717, 1.165) is 69.6 Å². The second-order valence-corrected chi connectivity index (χ2v) is 8.57. The lowest BCUT2D eigenvalue weighted by atomic mass is 10.1. The van der Waals surface area contributed by atoms with E-state index in [0.29, 0.717) is 12.0 Å². The van der Waals surface area contributed by atoms with E-state index in [2.05, 4.69) is 44.7 Å². The number of nitrogens with zero attached hydrogens (tertiary/aromatic N) is 5. The smallest absolute Gasteiger partial charge is 0.245 e. The summed E-state index contributed by atoms with van der Waals surface area (Å²) in [6, 6.07) is 8.87. The summed E-state index contributed by atoms with van der Waals surface area (Å²) in [6.07, 6.45) is 4.21. The summed E-state index contributed by atoms with van der Waals surface area (Å²) in [4.78, 5) is 14.7. The molecule has 0 spiro atoms. The number of hydrazone groups is 1. The topological polar surface area (TPSA) is 77.9 Å². The van der Waals surface area contributed by atoms with Crippen LogP contribution in [0.4, 0.5) is 11.8 Å². The molecule has 0 unspecified atom stereocenters. The van der Waals surface area contributed by atoms with E-state index in [4.69, 9.17) is 14.7 Å². The van der Waals surface area contributed by atoms with Gasteiger partial charge >= 0.3 is 0 Å². The van der Waals surface area contributed by atoms with Gasteiger partial charge in [-0.3, -0.25) is 4.90 Å². The lowest BCUT2D eigenvalue weighted by Crippen LogP contribution is -2.40. The van der Waals surface area contributed by atoms with Gasteiger partial charge in [-0.05, 0) is 38.4 Å². The molecule has 8 nitrogen and oxygen atoms in total. The minimum Gasteiger partial charge on any atom is -0.378 e. The number of fused-ring (bicyclic) bond motifs is 1. The lowest BCUT2D eigenvalue weighted by molar-refractivity contribution is 0.122. The number of benzene rings is 1. The monoisotopic (exact) mass is 421 g/mol. The van der Waals surface area contributed by atoms with Crippen LogP contribution in [0.3, 0.4) is 0 Å². The van der Waals surface area contributed by atoms with Crippen molar-refractivity contribution >= 4 is 18.0 Å². The fourth-order valence-corrected chi connectivity index (χ4v) is 4.69. The standard InChI is InChI=1S/C23H31N7O/c1-17-3-2-4-18(13-17)14-25-28-23-26-21-16-30(19-5-7-24-8-6-19)15-20(21)22(27-23)29-9-11-31-12-10-29/h2-4,13-14,19,24H,5-12,15-16H2,1H3,(H,26,27,28)/b25-14+. The molecule has 0 amide bonds. The molecule has 1 aromatic carbocycles. The summed E-state index contributed by atoms with van der Waals surface area (Å²) >= 11 is 0. The quantitative estimate of drug-likeness (QED) is 0.566. The van der Waals surface area contributed by atoms with Gasteiger partial charge in [-0.1, -0.05) is 29.8 Å². The Morgan fingerprint density at radius 2 is 2.00 bits per heavy atom. The van der Waals surface area contributed by atoms with Gasteiger partial charge in [0.2, 0.25) is 5.95 Å². The van der Waals surface area contributed by atoms with Crippen molar-refractivity contribution in [1.82, 2.24) is 20.2 Å². The Kier molecular flexibility index (Phi) is 6.11. The van der Waals surface area contributed by atoms with Crippen LogP contribution in [-0.4, -0.2) is 66.5 Å². The van der Waals surface area contributed by atoms with Crippen molar-refractivity contribution < 1.29 is 4.74 Å². The third kappa shape index (κ3) is 4.71. The van der Waals surface area contributed by atoms with Gasteiger partial charge in [0.25, 0.3) is 0 Å². The van der Waals surface area contributed by atoms with Crippen molar-refractivity contribution in [3.8, 4) is 0 Å². The highest BCUT2D eigenvalue weighted by molar-refractivity contribution is 5.80. The van der Waals surface area contributed by atoms with Crippen molar-refractivity contribution in [2.45, 2.75) is 38.9 Å². The summed E-state index contributed by atoms with van der Waals surface area (Å²) in [6.45, 7) is 9.30. The summed E-state index contributed by atoms with van der Waals surface area (Å²) in [5.74, 6) is 1.61. The van der Waals surface area contributed by atoms with Crippen LogP contribution in [0.15, 0.2) is 29.4 Å². The number of morpholine rings is 1. The molecule has 2 saturated heterocycles. The van der Waals surface area contributed by atoms with Crippen LogP contribution >= 0.6 is 0 Å². The number of rotatable bonds is 5. The van der Waals surface area contributed by atoms with Gasteiger partial charge in [0, 0.05) is 37.8 Å². The molecule has 2 N–H and O–H groups in total. The number of piperidine rings is 1. The van der Waals surface area contributed by atoms with Crippen molar-refractivity contribution in [2.24, 2.45) is 5.10 Å². The molecule has 0 saturated carbocycles. The maximum Gasteiger partial charge on any atom is 0.245 e. The Hall–Kier alpha value is -2.55. The van der Waals surface area contributed by atoms with Crippen molar-refractivity contribution in [3.63, 3.8) is 0 Å². The number of nitrogens with one attached hydrogen (secondary N) is 2. The third-order valence-electron chi connectivity index (χ3n) is 6.34. The average molecular weight is 422 g/mol. The molecule has 1 aromatic heterocycles. The molecule has 3 aliphatic heterocycles. The van der Waals surface area contributed by atoms with Gasteiger partial charge in [-0.25, -0.2) is 10.4 Å². The molecule has 8 heteroatoms. The Balaban J connectivity index is 1.38. The Morgan fingerprint density at radius 3 is 2.81 bits per heavy atom. The second kappa shape index (κ2) is 9.30. The molecule has 164 valence electrons. The SMILES string of the molecule is Cc1cccc(/C=N/Nc2nc3c(c(N4CCOCC4)n2)CN(C2CCNCC2)C3)c1. The maximum absolute atomic E-state index is 5.57. The first-order valence-electron chi connectivity index (χ1n) is 11.3. The minimum atomic E-state index is 0.566. The van der Waals surface area contributed by atoms with Crippen molar-refractivity contribution in [1.29, 1.82) is 0 Å². The second-order valence-electron chi connectivity index (χ2n) is 8.57. The van der Waals surface area contributed by atoms with Gasteiger partial charge in [0.15, 0.2) is 0 Å². The molecule has 0 bridgehead atoms. The van der Waals surface area contributed by atoms with E-state index in [-0.39, 0.29) is 0 Å². The van der Waals surface area contributed by atoms with Gasteiger partial charge in [-0.2, -0.15) is 10.1 Å². The molecule has 5 rings (SSSR count). The average Bonchev–Trinajstić information content (AvgIpc) is 3.24. The number of aromatic nitrogens is 2. The predicted octanol–water partition coefficient (Wildman–Crippen LogP) is 2.14. The van der Waals surface area contributed by atoms with Crippen molar-refractivity contribution in [2.75, 3.05) is 49.7 Å². The highest BCUT2D eigenvalue weighted by Gasteiger charge is 2.32. The number of hydrogen-bond acceptors (Lipinski definition) is 8. The molecule has 0 atom stereocenters. The lowest BCUT2D eigenvalue weighted by Gasteiger charge is -2.31. The van der Waals surface area contributed by atoms with E-state index in [1.807, 2.05) is 18.3 Å². The van der Waals surface area contributed by atoms with Crippen LogP contribution in [0.1, 0.15) is 35.2 Å². The van der Waals surface area contributed by atoms with Gasteiger partial charge in [-0.15, -0.1) is 0 Å². The van der Waals surface area contributed by atoms with E-state index in [1.54, 1.807) is 0 Å². The van der Waals surface area contributed by atoms with Crippen LogP contribution in [0.25, 0.3) is 0 Å². The Morgan fingerprint density at radius 1 is 1.16 bits per heavy atom. The fraction of sp³-hybridized carbons (Fsp3) is 0.522. The van der Waals surface area contributed by atoms with Gasteiger partial charge in [0.05, 0.1) is 25.1 Å². The summed E-state index contributed by atoms with van der Waals surface area (Å²) in [5.41, 5.74) is 7.74. The summed E-state index contributed by atoms with van der Waals surface area (Å²) in [7, 11) is 0. The van der Waals surface area contributed by atoms with Gasteiger partial charge in [0.1, 0.15) is 5.82 Å². The molecule has 31 heavy (non-hydrogen) atoms. The molecule has 2 fully saturated rings. The van der Waals surface area contributed by atoms with Crippen LogP contribution in [0, 0.1) is 6.92 Å². The molecule has 0 radical (unpaired) electrons. The predicted molar refractivity (Wildman–Crippen MR) is 123 cm³/mol. The molecular formula is C23H31N7O. The Labute approximate surface area is 183 Å². The molecule has 2 aromatic rings. The van der Waals surface area contributed by atoms with Gasteiger partial charge < -0.3 is 15.0 Å². The molecular weight excluding hydrogens is 390 g/mol. The van der Waals surface area contributed by atoms with E-state index in [1.165, 1.54) is 24.0 Å².